The third-order valence-electron chi connectivity index (χ3n) is 3.23. The van der Waals surface area contributed by atoms with Crippen molar-refractivity contribution in [1.82, 2.24) is 15.5 Å². The van der Waals surface area contributed by atoms with Gasteiger partial charge in [-0.2, -0.15) is 0 Å². The Hall–Kier alpha value is -1.14. The lowest BCUT2D eigenvalue weighted by Crippen LogP contribution is -2.58. The van der Waals surface area contributed by atoms with Gasteiger partial charge in [-0.25, -0.2) is 0 Å². The average molecular weight is 271 g/mol. The Morgan fingerprint density at radius 3 is 2.42 bits per heavy atom. The SMILES string of the molecule is CCNC(C)(C)C(=O)NC(C)C(=O)N1CCOCC1. The molecule has 0 radical (unpaired) electrons. The first kappa shape index (κ1) is 15.9. The first-order chi connectivity index (χ1) is 8.88. The molecule has 1 atom stereocenters. The first-order valence-electron chi connectivity index (χ1n) is 6.81. The van der Waals surface area contributed by atoms with Gasteiger partial charge in [0, 0.05) is 13.1 Å². The van der Waals surface area contributed by atoms with Crippen LogP contribution in [0.15, 0.2) is 0 Å². The Kier molecular flexibility index (Phi) is 5.75. The van der Waals surface area contributed by atoms with E-state index >= 15 is 0 Å². The van der Waals surface area contributed by atoms with E-state index in [1.807, 2.05) is 6.92 Å². The summed E-state index contributed by atoms with van der Waals surface area (Å²) < 4.78 is 5.21. The summed E-state index contributed by atoms with van der Waals surface area (Å²) in [5.74, 6) is -0.215. The maximum Gasteiger partial charge on any atom is 0.245 e. The zero-order valence-electron chi connectivity index (χ0n) is 12.3. The molecule has 6 nitrogen and oxygen atoms in total. The molecule has 1 rings (SSSR count). The van der Waals surface area contributed by atoms with Gasteiger partial charge in [-0.3, -0.25) is 9.59 Å². The summed E-state index contributed by atoms with van der Waals surface area (Å²) in [6, 6.07) is -0.511. The number of nitrogens with one attached hydrogen (secondary N) is 2. The van der Waals surface area contributed by atoms with Gasteiger partial charge >= 0.3 is 0 Å². The number of likely N-dealkylation sites (N-methyl/N-ethyl adjacent to an activating group) is 1. The molecule has 0 aromatic rings. The topological polar surface area (TPSA) is 70.7 Å². The van der Waals surface area contributed by atoms with Gasteiger partial charge in [-0.1, -0.05) is 6.92 Å². The normalized spacial score (nSPS) is 18.0. The van der Waals surface area contributed by atoms with Gasteiger partial charge in [-0.05, 0) is 27.3 Å². The number of amides is 2. The summed E-state index contributed by atoms with van der Waals surface area (Å²) in [7, 11) is 0. The highest BCUT2D eigenvalue weighted by atomic mass is 16.5. The third-order valence-corrected chi connectivity index (χ3v) is 3.23. The van der Waals surface area contributed by atoms with Gasteiger partial charge in [-0.15, -0.1) is 0 Å². The number of hydrogen-bond donors (Lipinski definition) is 2. The number of morpholine rings is 1. The molecule has 110 valence electrons. The summed E-state index contributed by atoms with van der Waals surface area (Å²) >= 11 is 0. The highest BCUT2D eigenvalue weighted by Gasteiger charge is 2.30. The van der Waals surface area contributed by atoms with Crippen LogP contribution >= 0.6 is 0 Å². The number of ether oxygens (including phenoxy) is 1. The highest BCUT2D eigenvalue weighted by molar-refractivity contribution is 5.91. The molecule has 0 aromatic heterocycles. The zero-order valence-corrected chi connectivity index (χ0v) is 12.3. The Morgan fingerprint density at radius 1 is 1.32 bits per heavy atom. The molecular formula is C13H25N3O3. The average Bonchev–Trinajstić information content (AvgIpc) is 2.38. The van der Waals surface area contributed by atoms with Crippen LogP contribution < -0.4 is 10.6 Å². The molecule has 2 N–H and O–H groups in total. The molecule has 0 spiro atoms. The predicted octanol–water partition coefficient (Wildman–Crippen LogP) is -0.262. The van der Waals surface area contributed by atoms with E-state index in [4.69, 9.17) is 4.74 Å². The molecule has 0 aromatic carbocycles. The first-order valence-corrected chi connectivity index (χ1v) is 6.81. The van der Waals surface area contributed by atoms with Crippen LogP contribution in [0.2, 0.25) is 0 Å². The van der Waals surface area contributed by atoms with Crippen molar-refractivity contribution in [1.29, 1.82) is 0 Å². The molecule has 19 heavy (non-hydrogen) atoms. The molecule has 1 heterocycles. The van der Waals surface area contributed by atoms with Crippen LogP contribution in [-0.4, -0.2) is 61.1 Å². The second-order valence-corrected chi connectivity index (χ2v) is 5.29. The van der Waals surface area contributed by atoms with Crippen LogP contribution in [0.25, 0.3) is 0 Å². The summed E-state index contributed by atoms with van der Waals surface area (Å²) in [4.78, 5) is 26.0. The van der Waals surface area contributed by atoms with Crippen molar-refractivity contribution in [2.24, 2.45) is 0 Å². The number of rotatable bonds is 5. The van der Waals surface area contributed by atoms with Crippen LogP contribution in [0.5, 0.6) is 0 Å². The molecule has 0 aliphatic carbocycles. The van der Waals surface area contributed by atoms with Gasteiger partial charge in [0.1, 0.15) is 6.04 Å². The lowest BCUT2D eigenvalue weighted by Gasteiger charge is -2.31. The lowest BCUT2D eigenvalue weighted by atomic mass is 10.0. The van der Waals surface area contributed by atoms with Crippen molar-refractivity contribution in [2.45, 2.75) is 39.3 Å². The molecule has 0 bridgehead atoms. The maximum absolute atomic E-state index is 12.2. The molecule has 1 fully saturated rings. The zero-order chi connectivity index (χ0) is 14.5. The van der Waals surface area contributed by atoms with Crippen LogP contribution in [0.4, 0.5) is 0 Å². The van der Waals surface area contributed by atoms with Crippen molar-refractivity contribution >= 4 is 11.8 Å². The van der Waals surface area contributed by atoms with Gasteiger partial charge in [0.05, 0.1) is 18.8 Å². The summed E-state index contributed by atoms with van der Waals surface area (Å²) in [6.45, 7) is 10.3. The molecule has 0 saturated carbocycles. The van der Waals surface area contributed by atoms with E-state index in [9.17, 15) is 9.59 Å². The van der Waals surface area contributed by atoms with Crippen LogP contribution in [0, 0.1) is 0 Å². The lowest BCUT2D eigenvalue weighted by molar-refractivity contribution is -0.140. The minimum Gasteiger partial charge on any atom is -0.378 e. The maximum atomic E-state index is 12.2. The molecule has 1 aliphatic heterocycles. The summed E-state index contributed by atoms with van der Waals surface area (Å²) in [5, 5.41) is 5.86. The van der Waals surface area contributed by atoms with E-state index in [0.717, 1.165) is 0 Å². The molecular weight excluding hydrogens is 246 g/mol. The second kappa shape index (κ2) is 6.86. The highest BCUT2D eigenvalue weighted by Crippen LogP contribution is 2.05. The van der Waals surface area contributed by atoms with E-state index in [-0.39, 0.29) is 11.8 Å². The fraction of sp³-hybridized carbons (Fsp3) is 0.846. The third kappa shape index (κ3) is 4.47. The smallest absolute Gasteiger partial charge is 0.245 e. The Morgan fingerprint density at radius 2 is 1.89 bits per heavy atom. The number of hydrogen-bond acceptors (Lipinski definition) is 4. The Labute approximate surface area is 114 Å². The van der Waals surface area contributed by atoms with Crippen molar-refractivity contribution in [3.05, 3.63) is 0 Å². The minimum absolute atomic E-state index is 0.0519. The number of carbonyl (C=O) groups is 2. The van der Waals surface area contributed by atoms with Crippen molar-refractivity contribution < 1.29 is 14.3 Å². The van der Waals surface area contributed by atoms with Gasteiger partial charge in [0.15, 0.2) is 0 Å². The van der Waals surface area contributed by atoms with E-state index in [2.05, 4.69) is 10.6 Å². The quantitative estimate of drug-likeness (QED) is 0.722. The van der Waals surface area contributed by atoms with Crippen LogP contribution in [-0.2, 0) is 14.3 Å². The van der Waals surface area contributed by atoms with E-state index < -0.39 is 11.6 Å². The Balaban J connectivity index is 2.51. The van der Waals surface area contributed by atoms with Gasteiger partial charge < -0.3 is 20.3 Å². The second-order valence-electron chi connectivity index (χ2n) is 5.29. The van der Waals surface area contributed by atoms with Crippen molar-refractivity contribution in [3.8, 4) is 0 Å². The molecule has 1 aliphatic rings. The minimum atomic E-state index is -0.672. The molecule has 6 heteroatoms. The van der Waals surface area contributed by atoms with E-state index in [1.54, 1.807) is 25.7 Å². The van der Waals surface area contributed by atoms with E-state index in [0.29, 0.717) is 32.8 Å². The molecule has 2 amide bonds. The molecule has 1 saturated heterocycles. The van der Waals surface area contributed by atoms with Gasteiger partial charge in [0.25, 0.3) is 0 Å². The largest absolute Gasteiger partial charge is 0.378 e. The van der Waals surface area contributed by atoms with E-state index in [1.165, 1.54) is 0 Å². The predicted molar refractivity (Wildman–Crippen MR) is 72.8 cm³/mol. The van der Waals surface area contributed by atoms with Crippen LogP contribution in [0.1, 0.15) is 27.7 Å². The van der Waals surface area contributed by atoms with Crippen LogP contribution in [0.3, 0.4) is 0 Å². The summed E-state index contributed by atoms with van der Waals surface area (Å²) in [6.07, 6.45) is 0. The molecule has 1 unspecified atom stereocenters. The van der Waals surface area contributed by atoms with Gasteiger partial charge in [0.2, 0.25) is 11.8 Å². The summed E-state index contributed by atoms with van der Waals surface area (Å²) in [5.41, 5.74) is -0.672. The monoisotopic (exact) mass is 271 g/mol. The fourth-order valence-electron chi connectivity index (χ4n) is 2.02. The standard InChI is InChI=1S/C13H25N3O3/c1-5-14-13(3,4)12(18)15-10(2)11(17)16-6-8-19-9-7-16/h10,14H,5-9H2,1-4H3,(H,15,18). The van der Waals surface area contributed by atoms with Crippen molar-refractivity contribution in [2.75, 3.05) is 32.8 Å². The fourth-order valence-corrected chi connectivity index (χ4v) is 2.02. The number of nitrogens with zero attached hydrogens (tertiary/aromatic N) is 1. The number of carbonyl (C=O) groups excluding carboxylic acids is 2. The van der Waals surface area contributed by atoms with Crippen molar-refractivity contribution in [3.63, 3.8) is 0 Å². The Bertz CT molecular complexity index is 325.